The molecule has 1 heterocycles. The number of carbonyl (C=O) groups excluding carboxylic acids is 1. The van der Waals surface area contributed by atoms with Crippen LogP contribution in [0.1, 0.15) is 35.8 Å². The first kappa shape index (κ1) is 17.1. The Morgan fingerprint density at radius 3 is 2.96 bits per heavy atom. The van der Waals surface area contributed by atoms with Crippen molar-refractivity contribution >= 4 is 29.1 Å². The molecular weight excluding hydrogens is 354 g/mol. The molecule has 0 spiro atoms. The molecule has 0 saturated heterocycles. The van der Waals surface area contributed by atoms with Gasteiger partial charge in [-0.1, -0.05) is 35.3 Å². The van der Waals surface area contributed by atoms with Gasteiger partial charge in [0.2, 0.25) is 5.67 Å². The quantitative estimate of drug-likeness (QED) is 0.868. The topological polar surface area (TPSA) is 62.2 Å². The fourth-order valence-corrected chi connectivity index (χ4v) is 3.32. The van der Waals surface area contributed by atoms with Crippen molar-refractivity contribution in [2.24, 2.45) is 0 Å². The summed E-state index contributed by atoms with van der Waals surface area (Å²) in [6.07, 6.45) is 0.644. The van der Waals surface area contributed by atoms with Crippen LogP contribution in [0.25, 0.3) is 0 Å². The molecule has 0 saturated carbocycles. The van der Waals surface area contributed by atoms with Gasteiger partial charge in [-0.3, -0.25) is 9.78 Å². The minimum Gasteiger partial charge on any atom is -0.387 e. The highest BCUT2D eigenvalue weighted by molar-refractivity contribution is 6.35. The monoisotopic (exact) mass is 368 g/mol. The smallest absolute Gasteiger partial charge is 0.262 e. The number of aliphatic hydroxyl groups is 1. The van der Waals surface area contributed by atoms with Crippen molar-refractivity contribution in [2.75, 3.05) is 0 Å². The summed E-state index contributed by atoms with van der Waals surface area (Å²) in [5, 5.41) is 13.4. The number of benzene rings is 1. The van der Waals surface area contributed by atoms with Crippen LogP contribution in [0, 0.1) is 0 Å². The Morgan fingerprint density at radius 2 is 2.21 bits per heavy atom. The molecule has 0 unspecified atom stereocenters. The Morgan fingerprint density at radius 1 is 1.42 bits per heavy atom. The molecule has 3 rings (SSSR count). The number of nitrogens with one attached hydrogen (secondary N) is 1. The summed E-state index contributed by atoms with van der Waals surface area (Å²) in [6, 6.07) is 7.92. The van der Waals surface area contributed by atoms with Crippen molar-refractivity contribution in [1.82, 2.24) is 10.3 Å². The van der Waals surface area contributed by atoms with Crippen LogP contribution in [0.15, 0.2) is 36.5 Å². The summed E-state index contributed by atoms with van der Waals surface area (Å²) in [5.74, 6) is -0.769. The average molecular weight is 369 g/mol. The Hall–Kier alpha value is -1.69. The van der Waals surface area contributed by atoms with Gasteiger partial charge in [0.15, 0.2) is 0 Å². The third kappa shape index (κ3) is 3.11. The fourth-order valence-electron chi connectivity index (χ4n) is 2.84. The lowest BCUT2D eigenvalue weighted by molar-refractivity contribution is -0.135. The molecule has 1 aliphatic rings. The van der Waals surface area contributed by atoms with E-state index in [4.69, 9.17) is 23.2 Å². The summed E-state index contributed by atoms with van der Waals surface area (Å²) in [5.41, 5.74) is -1.25. The summed E-state index contributed by atoms with van der Waals surface area (Å²) in [4.78, 5) is 16.5. The second-order valence-corrected chi connectivity index (χ2v) is 6.55. The Balaban J connectivity index is 1.81. The van der Waals surface area contributed by atoms with E-state index in [0.717, 1.165) is 0 Å². The Bertz CT molecular complexity index is 787. The summed E-state index contributed by atoms with van der Waals surface area (Å²) >= 11 is 11.9. The Kier molecular flexibility index (Phi) is 4.76. The average Bonchev–Trinajstić information content (AvgIpc) is 2.57. The second-order valence-electron chi connectivity index (χ2n) is 5.71. The van der Waals surface area contributed by atoms with E-state index < -0.39 is 17.7 Å². The van der Waals surface area contributed by atoms with Crippen molar-refractivity contribution < 1.29 is 14.3 Å². The zero-order chi connectivity index (χ0) is 17.3. The van der Waals surface area contributed by atoms with Crippen molar-refractivity contribution in [3.05, 3.63) is 63.4 Å². The van der Waals surface area contributed by atoms with Crippen LogP contribution in [0.3, 0.4) is 0 Å². The summed E-state index contributed by atoms with van der Waals surface area (Å²) in [6.45, 7) is 0.0820. The molecule has 4 nitrogen and oxygen atoms in total. The molecule has 1 aromatic heterocycles. The zero-order valence-corrected chi connectivity index (χ0v) is 14.1. The molecule has 1 aromatic carbocycles. The van der Waals surface area contributed by atoms with Gasteiger partial charge in [-0.2, -0.15) is 0 Å². The van der Waals surface area contributed by atoms with Gasteiger partial charge in [0.05, 0.1) is 11.8 Å². The molecular formula is C17H15Cl2FN2O2. The minimum atomic E-state index is -2.22. The third-order valence-corrected chi connectivity index (χ3v) is 4.74. The molecule has 7 heteroatoms. The van der Waals surface area contributed by atoms with E-state index in [9.17, 15) is 9.90 Å². The van der Waals surface area contributed by atoms with E-state index in [-0.39, 0.29) is 30.6 Å². The first-order chi connectivity index (χ1) is 11.4. The number of aromatic nitrogens is 1. The first-order valence-corrected chi connectivity index (χ1v) is 8.22. The number of nitrogens with zero attached hydrogens (tertiary/aromatic N) is 1. The third-order valence-electron chi connectivity index (χ3n) is 4.16. The highest BCUT2D eigenvalue weighted by Crippen LogP contribution is 2.42. The van der Waals surface area contributed by atoms with Gasteiger partial charge in [-0.25, -0.2) is 4.39 Å². The maximum atomic E-state index is 15.4. The number of rotatable bonds is 3. The number of hydrogen-bond acceptors (Lipinski definition) is 3. The molecule has 0 radical (unpaired) electrons. The van der Waals surface area contributed by atoms with Crippen molar-refractivity contribution in [1.29, 1.82) is 0 Å². The highest BCUT2D eigenvalue weighted by atomic mass is 35.5. The lowest BCUT2D eigenvalue weighted by Gasteiger charge is -2.32. The fraction of sp³-hybridized carbons (Fsp3) is 0.294. The van der Waals surface area contributed by atoms with E-state index in [1.54, 1.807) is 24.3 Å². The SMILES string of the molecule is O=C(NCc1ccc(Cl)cc1Cl)[C@@]1(F)CC[C@H](O)c2ncccc21. The van der Waals surface area contributed by atoms with Crippen LogP contribution in [0.2, 0.25) is 10.0 Å². The maximum absolute atomic E-state index is 15.4. The van der Waals surface area contributed by atoms with E-state index in [1.165, 1.54) is 12.3 Å². The van der Waals surface area contributed by atoms with Crippen LogP contribution >= 0.6 is 23.2 Å². The van der Waals surface area contributed by atoms with Crippen LogP contribution < -0.4 is 5.32 Å². The van der Waals surface area contributed by atoms with Gasteiger partial charge in [0.1, 0.15) is 0 Å². The Labute approximate surface area is 148 Å². The van der Waals surface area contributed by atoms with Crippen LogP contribution in [-0.2, 0) is 17.0 Å². The number of amides is 1. The van der Waals surface area contributed by atoms with E-state index in [0.29, 0.717) is 15.6 Å². The number of aliphatic hydroxyl groups excluding tert-OH is 1. The normalized spacial score (nSPS) is 22.8. The number of hydrogen-bond donors (Lipinski definition) is 2. The molecule has 2 N–H and O–H groups in total. The van der Waals surface area contributed by atoms with Crippen LogP contribution in [0.4, 0.5) is 4.39 Å². The molecule has 0 fully saturated rings. The van der Waals surface area contributed by atoms with Gasteiger partial charge in [0, 0.05) is 28.4 Å². The molecule has 2 aromatic rings. The van der Waals surface area contributed by atoms with Gasteiger partial charge >= 0.3 is 0 Å². The molecule has 1 amide bonds. The van der Waals surface area contributed by atoms with E-state index in [1.807, 2.05) is 0 Å². The zero-order valence-electron chi connectivity index (χ0n) is 12.6. The van der Waals surface area contributed by atoms with Gasteiger partial charge < -0.3 is 10.4 Å². The highest BCUT2D eigenvalue weighted by Gasteiger charge is 2.46. The predicted octanol–water partition coefficient (Wildman–Crippen LogP) is 3.70. The largest absolute Gasteiger partial charge is 0.387 e. The molecule has 0 aliphatic heterocycles. The predicted molar refractivity (Wildman–Crippen MR) is 89.5 cm³/mol. The maximum Gasteiger partial charge on any atom is 0.262 e. The molecule has 126 valence electrons. The van der Waals surface area contributed by atoms with Crippen molar-refractivity contribution in [3.63, 3.8) is 0 Å². The van der Waals surface area contributed by atoms with Crippen LogP contribution in [0.5, 0.6) is 0 Å². The lowest BCUT2D eigenvalue weighted by atomic mass is 9.81. The summed E-state index contributed by atoms with van der Waals surface area (Å²) < 4.78 is 15.4. The first-order valence-electron chi connectivity index (χ1n) is 7.46. The molecule has 2 atom stereocenters. The number of halogens is 3. The number of alkyl halides is 1. The molecule has 24 heavy (non-hydrogen) atoms. The standard InChI is InChI=1S/C17H15Cl2FN2O2/c18-11-4-3-10(13(19)8-11)9-22-16(24)17(20)6-5-14(23)15-12(17)2-1-7-21-15/h1-4,7-8,14,23H,5-6,9H2,(H,22,24)/t14-,17+/m0/s1. The second kappa shape index (κ2) is 6.67. The van der Waals surface area contributed by atoms with Gasteiger partial charge in [0.25, 0.3) is 5.91 Å². The number of pyridine rings is 1. The van der Waals surface area contributed by atoms with E-state index in [2.05, 4.69) is 10.3 Å². The minimum absolute atomic E-state index is 0.0820. The van der Waals surface area contributed by atoms with Gasteiger partial charge in [-0.15, -0.1) is 0 Å². The summed E-state index contributed by atoms with van der Waals surface area (Å²) in [7, 11) is 0. The lowest BCUT2D eigenvalue weighted by Crippen LogP contribution is -2.44. The number of carbonyl (C=O) groups is 1. The van der Waals surface area contributed by atoms with Gasteiger partial charge in [-0.05, 0) is 36.6 Å². The molecule has 0 bridgehead atoms. The number of fused-ring (bicyclic) bond motifs is 1. The van der Waals surface area contributed by atoms with Crippen molar-refractivity contribution in [2.45, 2.75) is 31.2 Å². The van der Waals surface area contributed by atoms with Crippen LogP contribution in [-0.4, -0.2) is 16.0 Å². The van der Waals surface area contributed by atoms with E-state index >= 15 is 4.39 Å². The molecule has 1 aliphatic carbocycles. The van der Waals surface area contributed by atoms with Crippen molar-refractivity contribution in [3.8, 4) is 0 Å².